The molecule has 21 heavy (non-hydrogen) atoms. The third-order valence-electron chi connectivity index (χ3n) is 3.23. The van der Waals surface area contributed by atoms with Crippen molar-refractivity contribution in [3.63, 3.8) is 0 Å². The van der Waals surface area contributed by atoms with Crippen molar-refractivity contribution in [1.29, 1.82) is 0 Å². The SMILES string of the molecule is CNCCn1nnnc1SCC1Cc2cc(F)ccc2O1. The van der Waals surface area contributed by atoms with Crippen molar-refractivity contribution in [2.45, 2.75) is 24.2 Å². The molecule has 112 valence electrons. The molecule has 1 aromatic heterocycles. The fourth-order valence-corrected chi connectivity index (χ4v) is 3.10. The number of thioether (sulfide) groups is 1. The second-order valence-corrected chi connectivity index (χ2v) is 5.78. The van der Waals surface area contributed by atoms with Crippen LogP contribution >= 0.6 is 11.8 Å². The third-order valence-corrected chi connectivity index (χ3v) is 4.32. The van der Waals surface area contributed by atoms with Crippen LogP contribution in [0.4, 0.5) is 4.39 Å². The van der Waals surface area contributed by atoms with Gasteiger partial charge in [-0.25, -0.2) is 9.07 Å². The maximum absolute atomic E-state index is 13.2. The van der Waals surface area contributed by atoms with E-state index in [2.05, 4.69) is 20.8 Å². The summed E-state index contributed by atoms with van der Waals surface area (Å²) in [6, 6.07) is 4.65. The van der Waals surface area contributed by atoms with E-state index < -0.39 is 0 Å². The number of halogens is 1. The van der Waals surface area contributed by atoms with E-state index in [0.717, 1.165) is 41.7 Å². The Kier molecular flexibility index (Phi) is 4.35. The third kappa shape index (κ3) is 3.33. The summed E-state index contributed by atoms with van der Waals surface area (Å²) >= 11 is 1.56. The normalized spacial score (nSPS) is 16.8. The highest BCUT2D eigenvalue weighted by Gasteiger charge is 2.24. The quantitative estimate of drug-likeness (QED) is 0.807. The van der Waals surface area contributed by atoms with Crippen LogP contribution in [0.1, 0.15) is 5.56 Å². The van der Waals surface area contributed by atoms with E-state index >= 15 is 0 Å². The van der Waals surface area contributed by atoms with Gasteiger partial charge in [-0.15, -0.1) is 5.10 Å². The van der Waals surface area contributed by atoms with Crippen molar-refractivity contribution in [1.82, 2.24) is 25.5 Å². The van der Waals surface area contributed by atoms with E-state index in [1.54, 1.807) is 22.5 Å². The summed E-state index contributed by atoms with van der Waals surface area (Å²) in [5.41, 5.74) is 0.926. The van der Waals surface area contributed by atoms with Crippen molar-refractivity contribution in [2.75, 3.05) is 19.3 Å². The van der Waals surface area contributed by atoms with Crippen molar-refractivity contribution in [3.8, 4) is 5.75 Å². The lowest BCUT2D eigenvalue weighted by molar-refractivity contribution is 0.259. The highest BCUT2D eigenvalue weighted by atomic mass is 32.2. The second kappa shape index (κ2) is 6.40. The number of nitrogens with one attached hydrogen (secondary N) is 1. The lowest BCUT2D eigenvalue weighted by atomic mass is 10.1. The van der Waals surface area contributed by atoms with E-state index in [9.17, 15) is 4.39 Å². The molecule has 2 aromatic rings. The molecule has 1 aromatic carbocycles. The van der Waals surface area contributed by atoms with Crippen molar-refractivity contribution in [3.05, 3.63) is 29.6 Å². The van der Waals surface area contributed by atoms with Gasteiger partial charge in [0.25, 0.3) is 0 Å². The van der Waals surface area contributed by atoms with Crippen LogP contribution in [0.3, 0.4) is 0 Å². The minimum Gasteiger partial charge on any atom is -0.489 e. The molecule has 1 atom stereocenters. The number of hydrogen-bond donors (Lipinski definition) is 1. The molecule has 8 heteroatoms. The topological polar surface area (TPSA) is 64.9 Å². The van der Waals surface area contributed by atoms with Gasteiger partial charge in [0.05, 0.1) is 6.54 Å². The van der Waals surface area contributed by atoms with Crippen LogP contribution in [0.2, 0.25) is 0 Å². The molecular formula is C13H16FN5OS. The molecule has 0 bridgehead atoms. The van der Waals surface area contributed by atoms with E-state index in [4.69, 9.17) is 4.74 Å². The molecule has 0 aliphatic carbocycles. The zero-order chi connectivity index (χ0) is 14.7. The van der Waals surface area contributed by atoms with Crippen molar-refractivity contribution in [2.24, 2.45) is 0 Å². The number of benzene rings is 1. The summed E-state index contributed by atoms with van der Waals surface area (Å²) < 4.78 is 20.7. The monoisotopic (exact) mass is 309 g/mol. The van der Waals surface area contributed by atoms with Crippen molar-refractivity contribution < 1.29 is 9.13 Å². The highest BCUT2D eigenvalue weighted by molar-refractivity contribution is 7.99. The van der Waals surface area contributed by atoms with Gasteiger partial charge in [0.15, 0.2) is 0 Å². The molecule has 0 spiro atoms. The van der Waals surface area contributed by atoms with Crippen LogP contribution in [0.15, 0.2) is 23.4 Å². The first-order valence-electron chi connectivity index (χ1n) is 6.75. The van der Waals surface area contributed by atoms with Gasteiger partial charge in [0.1, 0.15) is 17.7 Å². The molecule has 1 aliphatic heterocycles. The Bertz CT molecular complexity index is 620. The molecule has 0 radical (unpaired) electrons. The lowest BCUT2D eigenvalue weighted by Gasteiger charge is -2.09. The largest absolute Gasteiger partial charge is 0.489 e. The summed E-state index contributed by atoms with van der Waals surface area (Å²) in [7, 11) is 1.89. The van der Waals surface area contributed by atoms with Crippen LogP contribution in [0.25, 0.3) is 0 Å². The first-order valence-corrected chi connectivity index (χ1v) is 7.73. The average Bonchev–Trinajstić information content (AvgIpc) is 3.08. The number of fused-ring (bicyclic) bond motifs is 1. The van der Waals surface area contributed by atoms with Gasteiger partial charge in [0, 0.05) is 24.3 Å². The summed E-state index contributed by atoms with van der Waals surface area (Å²) in [5.74, 6) is 1.29. The second-order valence-electron chi connectivity index (χ2n) is 4.80. The van der Waals surface area contributed by atoms with Gasteiger partial charge in [-0.2, -0.15) is 0 Å². The van der Waals surface area contributed by atoms with Crippen LogP contribution in [0.5, 0.6) is 5.75 Å². The Hall–Kier alpha value is -1.67. The van der Waals surface area contributed by atoms with Crippen LogP contribution in [0, 0.1) is 5.82 Å². The molecule has 1 aliphatic rings. The van der Waals surface area contributed by atoms with Gasteiger partial charge in [-0.3, -0.25) is 0 Å². The van der Waals surface area contributed by atoms with E-state index in [1.807, 2.05) is 7.05 Å². The first-order chi connectivity index (χ1) is 10.3. The lowest BCUT2D eigenvalue weighted by Crippen LogP contribution is -2.18. The molecule has 2 heterocycles. The van der Waals surface area contributed by atoms with Gasteiger partial charge < -0.3 is 10.1 Å². The standard InChI is InChI=1S/C13H16FN5OS/c1-15-4-5-19-13(16-17-18-19)21-8-11-7-9-6-10(14)2-3-12(9)20-11/h2-3,6,11,15H,4-5,7-8H2,1H3. The van der Waals surface area contributed by atoms with Crippen LogP contribution in [-0.4, -0.2) is 45.7 Å². The van der Waals surface area contributed by atoms with E-state index in [-0.39, 0.29) is 11.9 Å². The number of tetrazole rings is 1. The Morgan fingerprint density at radius 2 is 2.43 bits per heavy atom. The summed E-state index contributed by atoms with van der Waals surface area (Å²) in [5, 5.41) is 15.5. The molecule has 0 amide bonds. The van der Waals surface area contributed by atoms with E-state index in [1.165, 1.54) is 12.1 Å². The number of likely N-dealkylation sites (N-methyl/N-ethyl adjacent to an activating group) is 1. The number of rotatable bonds is 6. The fourth-order valence-electron chi connectivity index (χ4n) is 2.21. The molecule has 0 fully saturated rings. The molecule has 1 N–H and O–H groups in total. The Balaban J connectivity index is 1.56. The molecule has 0 saturated heterocycles. The maximum atomic E-state index is 13.2. The predicted octanol–water partition coefficient (Wildman–Crippen LogP) is 1.13. The fraction of sp³-hybridized carbons (Fsp3) is 0.462. The molecule has 3 rings (SSSR count). The van der Waals surface area contributed by atoms with Gasteiger partial charge in [0.2, 0.25) is 5.16 Å². The summed E-state index contributed by atoms with van der Waals surface area (Å²) in [6.07, 6.45) is 0.749. The predicted molar refractivity (Wildman–Crippen MR) is 77.0 cm³/mol. The summed E-state index contributed by atoms with van der Waals surface area (Å²) in [4.78, 5) is 0. The minimum absolute atomic E-state index is 0.0289. The molecular weight excluding hydrogens is 293 g/mol. The zero-order valence-corrected chi connectivity index (χ0v) is 12.4. The van der Waals surface area contributed by atoms with Crippen molar-refractivity contribution >= 4 is 11.8 Å². The average molecular weight is 309 g/mol. The van der Waals surface area contributed by atoms with Crippen LogP contribution < -0.4 is 10.1 Å². The minimum atomic E-state index is -0.221. The smallest absolute Gasteiger partial charge is 0.209 e. The number of ether oxygens (including phenoxy) is 1. The zero-order valence-electron chi connectivity index (χ0n) is 11.6. The van der Waals surface area contributed by atoms with Gasteiger partial charge >= 0.3 is 0 Å². The maximum Gasteiger partial charge on any atom is 0.209 e. The van der Waals surface area contributed by atoms with Gasteiger partial charge in [-0.05, 0) is 35.7 Å². The summed E-state index contributed by atoms with van der Waals surface area (Å²) in [6.45, 7) is 1.53. The van der Waals surface area contributed by atoms with Gasteiger partial charge in [-0.1, -0.05) is 11.8 Å². The molecule has 1 unspecified atom stereocenters. The van der Waals surface area contributed by atoms with E-state index in [0.29, 0.717) is 0 Å². The number of aromatic nitrogens is 4. The first kappa shape index (κ1) is 14.3. The molecule has 6 nitrogen and oxygen atoms in total. The highest BCUT2D eigenvalue weighted by Crippen LogP contribution is 2.31. The number of hydrogen-bond acceptors (Lipinski definition) is 6. The van der Waals surface area contributed by atoms with Crippen LogP contribution in [-0.2, 0) is 13.0 Å². The number of nitrogens with zero attached hydrogens (tertiary/aromatic N) is 4. The Morgan fingerprint density at radius 1 is 1.52 bits per heavy atom. The Morgan fingerprint density at radius 3 is 3.29 bits per heavy atom. The Labute approximate surface area is 126 Å². The molecule has 0 saturated carbocycles.